The van der Waals surface area contributed by atoms with Gasteiger partial charge in [0.05, 0.1) is 31.2 Å². The van der Waals surface area contributed by atoms with Gasteiger partial charge in [-0.15, -0.1) is 11.3 Å². The van der Waals surface area contributed by atoms with E-state index in [0.29, 0.717) is 25.4 Å². The number of rotatable bonds is 2. The van der Waals surface area contributed by atoms with Crippen LogP contribution >= 0.6 is 11.3 Å². The van der Waals surface area contributed by atoms with Crippen LogP contribution in [0.25, 0.3) is 0 Å². The fourth-order valence-corrected chi connectivity index (χ4v) is 3.04. The first-order valence-corrected chi connectivity index (χ1v) is 8.71. The molecule has 0 unspecified atom stereocenters. The molecular formula is C16H21N5O2S. The van der Waals surface area contributed by atoms with E-state index in [1.807, 2.05) is 26.2 Å². The Morgan fingerprint density at radius 2 is 2.08 bits per heavy atom. The van der Waals surface area contributed by atoms with E-state index in [4.69, 9.17) is 4.74 Å². The van der Waals surface area contributed by atoms with Crippen LogP contribution in [0.1, 0.15) is 37.7 Å². The maximum Gasteiger partial charge on any atom is 0.322 e. The minimum absolute atomic E-state index is 0.117. The average Bonchev–Trinajstić information content (AvgIpc) is 3.09. The third-order valence-electron chi connectivity index (χ3n) is 3.65. The summed E-state index contributed by atoms with van der Waals surface area (Å²) in [5, 5.41) is 5.65. The quantitative estimate of drug-likeness (QED) is 0.903. The predicted octanol–water partition coefficient (Wildman–Crippen LogP) is 2.84. The zero-order chi connectivity index (χ0) is 17.2. The molecule has 7 nitrogen and oxygen atoms in total. The summed E-state index contributed by atoms with van der Waals surface area (Å²) in [5.74, 6) is 0.746. The molecule has 0 aromatic carbocycles. The molecule has 128 valence electrons. The van der Waals surface area contributed by atoms with Crippen LogP contribution in [0.5, 0.6) is 0 Å². The predicted molar refractivity (Wildman–Crippen MR) is 92.1 cm³/mol. The number of hydrogen-bond donors (Lipinski definition) is 1. The van der Waals surface area contributed by atoms with E-state index in [2.05, 4.69) is 20.3 Å². The Balaban J connectivity index is 1.62. The molecule has 1 N–H and O–H groups in total. The van der Waals surface area contributed by atoms with E-state index in [9.17, 15) is 4.79 Å². The molecule has 1 aliphatic rings. The first-order valence-electron chi connectivity index (χ1n) is 7.83. The third kappa shape index (κ3) is 3.88. The second-order valence-corrected chi connectivity index (χ2v) is 7.58. The second-order valence-electron chi connectivity index (χ2n) is 6.65. The molecule has 24 heavy (non-hydrogen) atoms. The van der Waals surface area contributed by atoms with Crippen LogP contribution in [-0.2, 0) is 10.2 Å². The molecule has 1 fully saturated rings. The lowest BCUT2D eigenvalue weighted by Crippen LogP contribution is -2.44. The van der Waals surface area contributed by atoms with Crippen molar-refractivity contribution in [3.8, 4) is 0 Å². The molecule has 3 rings (SSSR count). The van der Waals surface area contributed by atoms with Crippen molar-refractivity contribution in [3.05, 3.63) is 34.8 Å². The molecule has 0 aliphatic carbocycles. The van der Waals surface area contributed by atoms with Crippen molar-refractivity contribution in [2.45, 2.75) is 32.3 Å². The number of urea groups is 1. The molecule has 1 saturated heterocycles. The number of carbonyl (C=O) groups excluding carboxylic acids is 1. The van der Waals surface area contributed by atoms with Gasteiger partial charge in [0.15, 0.2) is 0 Å². The Morgan fingerprint density at radius 3 is 2.71 bits per heavy atom. The number of ether oxygens (including phenoxy) is 1. The molecule has 1 aliphatic heterocycles. The standard InChI is InChI=1S/C16H21N5O2S/c1-16(2,3)14-18-8-11(9-19-14)20-15(22)21-5-6-23-12(10-21)13-17-4-7-24-13/h4,7-9,12H,5-6,10H2,1-3H3,(H,20,22)/t12-/m0/s1. The maximum atomic E-state index is 12.5. The molecule has 2 amide bonds. The minimum Gasteiger partial charge on any atom is -0.367 e. The lowest BCUT2D eigenvalue weighted by atomic mass is 9.96. The highest BCUT2D eigenvalue weighted by atomic mass is 32.1. The Bertz CT molecular complexity index is 681. The Kier molecular flexibility index (Phi) is 4.77. The lowest BCUT2D eigenvalue weighted by molar-refractivity contribution is -0.0136. The van der Waals surface area contributed by atoms with Crippen molar-refractivity contribution < 1.29 is 9.53 Å². The van der Waals surface area contributed by atoms with Gasteiger partial charge in [0.25, 0.3) is 0 Å². The zero-order valence-corrected chi connectivity index (χ0v) is 14.8. The molecule has 0 saturated carbocycles. The number of morpholine rings is 1. The average molecular weight is 347 g/mol. The van der Waals surface area contributed by atoms with Crippen LogP contribution in [0.15, 0.2) is 24.0 Å². The van der Waals surface area contributed by atoms with Crippen LogP contribution in [-0.4, -0.2) is 45.6 Å². The van der Waals surface area contributed by atoms with Crippen molar-refractivity contribution in [2.24, 2.45) is 0 Å². The molecule has 2 aromatic rings. The van der Waals surface area contributed by atoms with Gasteiger partial charge in [0.1, 0.15) is 16.9 Å². The van der Waals surface area contributed by atoms with Crippen LogP contribution in [0, 0.1) is 0 Å². The van der Waals surface area contributed by atoms with Gasteiger partial charge in [-0.05, 0) is 0 Å². The summed E-state index contributed by atoms with van der Waals surface area (Å²) >= 11 is 1.54. The number of thiazole rings is 1. The smallest absolute Gasteiger partial charge is 0.322 e. The van der Waals surface area contributed by atoms with Crippen molar-refractivity contribution in [2.75, 3.05) is 25.0 Å². The van der Waals surface area contributed by atoms with Gasteiger partial charge in [-0.2, -0.15) is 0 Å². The number of carbonyl (C=O) groups is 1. The van der Waals surface area contributed by atoms with Gasteiger partial charge in [-0.3, -0.25) is 0 Å². The van der Waals surface area contributed by atoms with Gasteiger partial charge in [-0.1, -0.05) is 20.8 Å². The number of anilines is 1. The Hall–Kier alpha value is -2.06. The summed E-state index contributed by atoms with van der Waals surface area (Å²) in [6.45, 7) is 7.68. The minimum atomic E-state index is -0.174. The van der Waals surface area contributed by atoms with E-state index in [0.717, 1.165) is 10.8 Å². The SMILES string of the molecule is CC(C)(C)c1ncc(NC(=O)N2CCO[C@H](c3nccs3)C2)cn1. The molecule has 0 radical (unpaired) electrons. The summed E-state index contributed by atoms with van der Waals surface area (Å²) < 4.78 is 5.71. The van der Waals surface area contributed by atoms with Crippen molar-refractivity contribution in [1.82, 2.24) is 19.9 Å². The Morgan fingerprint density at radius 1 is 1.33 bits per heavy atom. The first kappa shape index (κ1) is 16.8. The molecule has 0 bridgehead atoms. The monoisotopic (exact) mass is 347 g/mol. The van der Waals surface area contributed by atoms with E-state index < -0.39 is 0 Å². The third-order valence-corrected chi connectivity index (χ3v) is 4.52. The fraction of sp³-hybridized carbons (Fsp3) is 0.500. The number of amides is 2. The molecule has 1 atom stereocenters. The van der Waals surface area contributed by atoms with E-state index in [-0.39, 0.29) is 17.6 Å². The fourth-order valence-electron chi connectivity index (χ4n) is 2.36. The number of nitrogens with zero attached hydrogens (tertiary/aromatic N) is 4. The molecular weight excluding hydrogens is 326 g/mol. The highest BCUT2D eigenvalue weighted by molar-refractivity contribution is 7.09. The lowest BCUT2D eigenvalue weighted by Gasteiger charge is -2.31. The number of nitrogens with one attached hydrogen (secondary N) is 1. The van der Waals surface area contributed by atoms with Crippen LogP contribution in [0.4, 0.5) is 10.5 Å². The van der Waals surface area contributed by atoms with E-state index in [1.54, 1.807) is 23.5 Å². The summed E-state index contributed by atoms with van der Waals surface area (Å²) in [6.07, 6.45) is 4.87. The maximum absolute atomic E-state index is 12.5. The zero-order valence-electron chi connectivity index (χ0n) is 14.0. The van der Waals surface area contributed by atoms with Crippen LogP contribution < -0.4 is 5.32 Å². The van der Waals surface area contributed by atoms with Crippen molar-refractivity contribution >= 4 is 23.1 Å². The van der Waals surface area contributed by atoms with Gasteiger partial charge in [0.2, 0.25) is 0 Å². The Labute approximate surface area is 145 Å². The summed E-state index contributed by atoms with van der Waals surface area (Å²) in [5.41, 5.74) is 0.471. The van der Waals surface area contributed by atoms with Gasteiger partial charge in [-0.25, -0.2) is 19.7 Å². The largest absolute Gasteiger partial charge is 0.367 e. The first-order chi connectivity index (χ1) is 11.4. The normalized spacial score (nSPS) is 18.5. The van der Waals surface area contributed by atoms with Crippen molar-refractivity contribution in [1.29, 1.82) is 0 Å². The van der Waals surface area contributed by atoms with Crippen LogP contribution in [0.3, 0.4) is 0 Å². The summed E-state index contributed by atoms with van der Waals surface area (Å²) in [6, 6.07) is -0.174. The number of aromatic nitrogens is 3. The molecule has 2 aromatic heterocycles. The molecule has 8 heteroatoms. The van der Waals surface area contributed by atoms with E-state index >= 15 is 0 Å². The topological polar surface area (TPSA) is 80.2 Å². The summed E-state index contributed by atoms with van der Waals surface area (Å²) in [7, 11) is 0. The highest BCUT2D eigenvalue weighted by Gasteiger charge is 2.27. The van der Waals surface area contributed by atoms with Crippen molar-refractivity contribution in [3.63, 3.8) is 0 Å². The highest BCUT2D eigenvalue weighted by Crippen LogP contribution is 2.24. The molecule has 3 heterocycles. The van der Waals surface area contributed by atoms with Gasteiger partial charge >= 0.3 is 6.03 Å². The summed E-state index contributed by atoms with van der Waals surface area (Å²) in [4.78, 5) is 27.1. The second kappa shape index (κ2) is 6.82. The van der Waals surface area contributed by atoms with Gasteiger partial charge in [0, 0.05) is 23.5 Å². The molecule has 0 spiro atoms. The van der Waals surface area contributed by atoms with E-state index in [1.165, 1.54) is 11.3 Å². The van der Waals surface area contributed by atoms with Gasteiger partial charge < -0.3 is 15.0 Å². The number of hydrogen-bond acceptors (Lipinski definition) is 6. The van der Waals surface area contributed by atoms with Crippen LogP contribution in [0.2, 0.25) is 0 Å².